The standard InChI is InChI=1S/C8H18N2O2S/c1-10-5-3-8(4-6-10)7-9-13(2,11)12/h8-9H,3-7H2,1-2H3. The van der Waals surface area contributed by atoms with Crippen LogP contribution in [0, 0.1) is 5.92 Å². The van der Waals surface area contributed by atoms with Gasteiger partial charge < -0.3 is 4.90 Å². The Labute approximate surface area is 80.4 Å². The van der Waals surface area contributed by atoms with Crippen LogP contribution in [-0.2, 0) is 10.0 Å². The summed E-state index contributed by atoms with van der Waals surface area (Å²) in [4.78, 5) is 2.27. The van der Waals surface area contributed by atoms with Crippen molar-refractivity contribution < 1.29 is 8.42 Å². The molecule has 1 aliphatic rings. The summed E-state index contributed by atoms with van der Waals surface area (Å²) >= 11 is 0. The topological polar surface area (TPSA) is 49.4 Å². The fourth-order valence-electron chi connectivity index (χ4n) is 1.54. The molecule has 0 unspecified atom stereocenters. The van der Waals surface area contributed by atoms with Crippen molar-refractivity contribution in [1.82, 2.24) is 9.62 Å². The summed E-state index contributed by atoms with van der Waals surface area (Å²) in [6.45, 7) is 2.76. The van der Waals surface area contributed by atoms with Crippen LogP contribution in [0.4, 0.5) is 0 Å². The minimum absolute atomic E-state index is 0.519. The second kappa shape index (κ2) is 4.39. The summed E-state index contributed by atoms with van der Waals surface area (Å²) < 4.78 is 24.2. The highest BCUT2D eigenvalue weighted by Gasteiger charge is 2.17. The van der Waals surface area contributed by atoms with Crippen molar-refractivity contribution in [3.05, 3.63) is 0 Å². The fourth-order valence-corrected chi connectivity index (χ4v) is 2.07. The zero-order chi connectivity index (χ0) is 9.90. The molecule has 78 valence electrons. The van der Waals surface area contributed by atoms with E-state index in [1.54, 1.807) is 0 Å². The molecule has 4 nitrogen and oxygen atoms in total. The molecule has 5 heteroatoms. The van der Waals surface area contributed by atoms with Crippen LogP contribution < -0.4 is 4.72 Å². The van der Waals surface area contributed by atoms with Crippen molar-refractivity contribution in [2.75, 3.05) is 32.9 Å². The van der Waals surface area contributed by atoms with Gasteiger partial charge in [0, 0.05) is 6.54 Å². The third-order valence-electron chi connectivity index (χ3n) is 2.47. The first-order valence-corrected chi connectivity index (χ1v) is 6.50. The lowest BCUT2D eigenvalue weighted by Crippen LogP contribution is -2.36. The molecule has 0 atom stereocenters. The number of rotatable bonds is 3. The van der Waals surface area contributed by atoms with Gasteiger partial charge in [0.25, 0.3) is 0 Å². The zero-order valence-electron chi connectivity index (χ0n) is 8.28. The minimum Gasteiger partial charge on any atom is -0.306 e. The molecule has 1 N–H and O–H groups in total. The number of hydrogen-bond donors (Lipinski definition) is 1. The van der Waals surface area contributed by atoms with Crippen LogP contribution in [0.15, 0.2) is 0 Å². The van der Waals surface area contributed by atoms with E-state index in [9.17, 15) is 8.42 Å². The third kappa shape index (κ3) is 4.59. The predicted molar refractivity (Wildman–Crippen MR) is 53.1 cm³/mol. The van der Waals surface area contributed by atoms with Gasteiger partial charge in [-0.25, -0.2) is 13.1 Å². The number of nitrogens with one attached hydrogen (secondary N) is 1. The number of likely N-dealkylation sites (tertiary alicyclic amines) is 1. The van der Waals surface area contributed by atoms with Gasteiger partial charge in [0.2, 0.25) is 10.0 Å². The summed E-state index contributed by atoms with van der Waals surface area (Å²) in [6, 6.07) is 0. The van der Waals surface area contributed by atoms with E-state index in [0.29, 0.717) is 12.5 Å². The van der Waals surface area contributed by atoms with E-state index in [1.165, 1.54) is 6.26 Å². The first kappa shape index (κ1) is 10.9. The molecule has 0 amide bonds. The van der Waals surface area contributed by atoms with E-state index in [2.05, 4.69) is 16.7 Å². The van der Waals surface area contributed by atoms with Gasteiger partial charge >= 0.3 is 0 Å². The molecule has 0 radical (unpaired) electrons. The van der Waals surface area contributed by atoms with Gasteiger partial charge in [-0.2, -0.15) is 0 Å². The molecule has 0 aromatic rings. The Morgan fingerprint density at radius 1 is 1.38 bits per heavy atom. The summed E-state index contributed by atoms with van der Waals surface area (Å²) in [5.74, 6) is 0.519. The maximum Gasteiger partial charge on any atom is 0.208 e. The Kier molecular flexibility index (Phi) is 3.70. The van der Waals surface area contributed by atoms with E-state index in [0.717, 1.165) is 25.9 Å². The number of nitrogens with zero attached hydrogens (tertiary/aromatic N) is 1. The Morgan fingerprint density at radius 3 is 2.38 bits per heavy atom. The van der Waals surface area contributed by atoms with Gasteiger partial charge in [0.1, 0.15) is 0 Å². The van der Waals surface area contributed by atoms with Gasteiger partial charge in [0.15, 0.2) is 0 Å². The predicted octanol–water partition coefficient (Wildman–Crippen LogP) is -0.123. The maximum absolute atomic E-state index is 10.8. The Hall–Kier alpha value is -0.130. The molecular weight excluding hydrogens is 188 g/mol. The van der Waals surface area contributed by atoms with Crippen molar-refractivity contribution in [1.29, 1.82) is 0 Å². The SMILES string of the molecule is CN1CCC(CNS(C)(=O)=O)CC1. The Bertz CT molecular complexity index is 243. The smallest absolute Gasteiger partial charge is 0.208 e. The highest BCUT2D eigenvalue weighted by molar-refractivity contribution is 7.88. The normalized spacial score (nSPS) is 22.0. The van der Waals surface area contributed by atoms with Crippen LogP contribution in [-0.4, -0.2) is 46.3 Å². The monoisotopic (exact) mass is 206 g/mol. The molecule has 0 saturated carbocycles. The van der Waals surface area contributed by atoms with Crippen LogP contribution in [0.25, 0.3) is 0 Å². The lowest BCUT2D eigenvalue weighted by Gasteiger charge is -2.28. The van der Waals surface area contributed by atoms with E-state index < -0.39 is 10.0 Å². The molecule has 1 aliphatic heterocycles. The Morgan fingerprint density at radius 2 is 1.92 bits per heavy atom. The largest absolute Gasteiger partial charge is 0.306 e. The quantitative estimate of drug-likeness (QED) is 0.700. The number of piperidine rings is 1. The number of sulfonamides is 1. The van der Waals surface area contributed by atoms with Crippen LogP contribution in [0.2, 0.25) is 0 Å². The lowest BCUT2D eigenvalue weighted by atomic mass is 9.98. The van der Waals surface area contributed by atoms with Gasteiger partial charge in [-0.3, -0.25) is 0 Å². The van der Waals surface area contributed by atoms with Crippen molar-refractivity contribution in [3.63, 3.8) is 0 Å². The maximum atomic E-state index is 10.8. The van der Waals surface area contributed by atoms with E-state index >= 15 is 0 Å². The van der Waals surface area contributed by atoms with Gasteiger partial charge in [-0.1, -0.05) is 0 Å². The molecule has 1 rings (SSSR count). The highest BCUT2D eigenvalue weighted by Crippen LogP contribution is 2.14. The van der Waals surface area contributed by atoms with E-state index in [-0.39, 0.29) is 0 Å². The first-order chi connectivity index (χ1) is 5.97. The van der Waals surface area contributed by atoms with Crippen molar-refractivity contribution >= 4 is 10.0 Å². The molecule has 1 heterocycles. The molecule has 0 spiro atoms. The molecular formula is C8H18N2O2S. The van der Waals surface area contributed by atoms with Gasteiger partial charge in [-0.15, -0.1) is 0 Å². The van der Waals surface area contributed by atoms with Crippen LogP contribution in [0.1, 0.15) is 12.8 Å². The van der Waals surface area contributed by atoms with Crippen molar-refractivity contribution in [2.45, 2.75) is 12.8 Å². The van der Waals surface area contributed by atoms with Crippen LogP contribution in [0.3, 0.4) is 0 Å². The van der Waals surface area contributed by atoms with Crippen LogP contribution in [0.5, 0.6) is 0 Å². The molecule has 0 aromatic heterocycles. The van der Waals surface area contributed by atoms with E-state index in [4.69, 9.17) is 0 Å². The highest BCUT2D eigenvalue weighted by atomic mass is 32.2. The molecule has 1 saturated heterocycles. The molecule has 0 aromatic carbocycles. The molecule has 13 heavy (non-hydrogen) atoms. The van der Waals surface area contributed by atoms with Crippen molar-refractivity contribution in [2.24, 2.45) is 5.92 Å². The van der Waals surface area contributed by atoms with Crippen molar-refractivity contribution in [3.8, 4) is 0 Å². The second-order valence-electron chi connectivity index (χ2n) is 3.87. The summed E-state index contributed by atoms with van der Waals surface area (Å²) in [6.07, 6.45) is 3.40. The molecule has 0 aliphatic carbocycles. The minimum atomic E-state index is -3.00. The third-order valence-corrected chi connectivity index (χ3v) is 3.16. The van der Waals surface area contributed by atoms with Crippen LogP contribution >= 0.6 is 0 Å². The lowest BCUT2D eigenvalue weighted by molar-refractivity contribution is 0.221. The van der Waals surface area contributed by atoms with Gasteiger partial charge in [-0.05, 0) is 38.9 Å². The average Bonchev–Trinajstić information content (AvgIpc) is 2.02. The molecule has 1 fully saturated rings. The number of hydrogen-bond acceptors (Lipinski definition) is 3. The fraction of sp³-hybridized carbons (Fsp3) is 1.00. The van der Waals surface area contributed by atoms with E-state index in [1.807, 2.05) is 0 Å². The second-order valence-corrected chi connectivity index (χ2v) is 5.70. The summed E-state index contributed by atoms with van der Waals surface area (Å²) in [5.41, 5.74) is 0. The molecule has 0 bridgehead atoms. The Balaban J connectivity index is 2.24. The average molecular weight is 206 g/mol. The first-order valence-electron chi connectivity index (χ1n) is 4.60. The van der Waals surface area contributed by atoms with Gasteiger partial charge in [0.05, 0.1) is 6.26 Å². The summed E-state index contributed by atoms with van der Waals surface area (Å²) in [7, 11) is -0.903. The summed E-state index contributed by atoms with van der Waals surface area (Å²) in [5, 5.41) is 0. The zero-order valence-corrected chi connectivity index (χ0v) is 9.10.